The largest absolute Gasteiger partial charge is 0.488 e. The SMILES string of the molecule is CC(C)(CCN)Oc1ccc(-c2nn(CCC(=O)O)c3ncccc23)cc1. The zero-order chi connectivity index (χ0) is 19.4. The molecule has 0 atom stereocenters. The number of rotatable bonds is 8. The Kier molecular flexibility index (Phi) is 5.41. The van der Waals surface area contributed by atoms with Crippen LogP contribution in [0.3, 0.4) is 0 Å². The van der Waals surface area contributed by atoms with Crippen LogP contribution in [0.25, 0.3) is 22.3 Å². The van der Waals surface area contributed by atoms with Crippen molar-refractivity contribution in [1.82, 2.24) is 14.8 Å². The maximum Gasteiger partial charge on any atom is 0.305 e. The summed E-state index contributed by atoms with van der Waals surface area (Å²) in [5, 5.41) is 14.4. The molecule has 0 aliphatic carbocycles. The summed E-state index contributed by atoms with van der Waals surface area (Å²) in [5.74, 6) is -0.0948. The van der Waals surface area contributed by atoms with E-state index in [1.807, 2.05) is 50.2 Å². The second-order valence-corrected chi connectivity index (χ2v) is 7.01. The van der Waals surface area contributed by atoms with E-state index in [0.29, 0.717) is 12.2 Å². The zero-order valence-corrected chi connectivity index (χ0v) is 15.6. The third-order valence-electron chi connectivity index (χ3n) is 4.31. The Morgan fingerprint density at radius 1 is 1.26 bits per heavy atom. The number of carboxylic acid groups (broad SMARTS) is 1. The highest BCUT2D eigenvalue weighted by molar-refractivity contribution is 5.91. The van der Waals surface area contributed by atoms with Crippen LogP contribution in [0.15, 0.2) is 42.6 Å². The number of benzene rings is 1. The Hall–Kier alpha value is -2.93. The molecule has 0 saturated heterocycles. The molecule has 7 heteroatoms. The number of nitrogens with two attached hydrogens (primary N) is 1. The number of carbonyl (C=O) groups is 1. The van der Waals surface area contributed by atoms with Gasteiger partial charge in [0.1, 0.15) is 17.0 Å². The minimum atomic E-state index is -0.863. The average Bonchev–Trinajstić information content (AvgIpc) is 2.99. The van der Waals surface area contributed by atoms with Crippen molar-refractivity contribution in [3.8, 4) is 17.0 Å². The summed E-state index contributed by atoms with van der Waals surface area (Å²) in [6.07, 6.45) is 2.44. The normalized spacial score (nSPS) is 11.7. The highest BCUT2D eigenvalue weighted by Gasteiger charge is 2.19. The van der Waals surface area contributed by atoms with Gasteiger partial charge in [-0.05, 0) is 63.2 Å². The molecule has 0 fully saturated rings. The summed E-state index contributed by atoms with van der Waals surface area (Å²) in [5.41, 5.74) is 7.68. The van der Waals surface area contributed by atoms with Gasteiger partial charge >= 0.3 is 5.97 Å². The predicted octanol–water partition coefficient (Wildman–Crippen LogP) is 3.08. The van der Waals surface area contributed by atoms with E-state index in [1.54, 1.807) is 10.9 Å². The van der Waals surface area contributed by atoms with Gasteiger partial charge in [-0.1, -0.05) is 0 Å². The Bertz CT molecular complexity index is 932. The van der Waals surface area contributed by atoms with Crippen LogP contribution in [-0.2, 0) is 11.3 Å². The van der Waals surface area contributed by atoms with E-state index in [-0.39, 0.29) is 18.6 Å². The summed E-state index contributed by atoms with van der Waals surface area (Å²) < 4.78 is 7.65. The fourth-order valence-electron chi connectivity index (χ4n) is 2.98. The average molecular weight is 368 g/mol. The van der Waals surface area contributed by atoms with Gasteiger partial charge in [0.25, 0.3) is 0 Å². The lowest BCUT2D eigenvalue weighted by Crippen LogP contribution is -2.31. The van der Waals surface area contributed by atoms with E-state index in [4.69, 9.17) is 15.6 Å². The van der Waals surface area contributed by atoms with Crippen LogP contribution >= 0.6 is 0 Å². The molecule has 0 radical (unpaired) electrons. The first kappa shape index (κ1) is 18.8. The number of pyridine rings is 1. The number of hydrogen-bond acceptors (Lipinski definition) is 5. The Morgan fingerprint density at radius 2 is 2.00 bits per heavy atom. The van der Waals surface area contributed by atoms with Gasteiger partial charge in [-0.15, -0.1) is 0 Å². The van der Waals surface area contributed by atoms with Gasteiger partial charge in [0.05, 0.1) is 13.0 Å². The molecule has 0 aliphatic heterocycles. The van der Waals surface area contributed by atoms with Gasteiger partial charge in [0, 0.05) is 17.1 Å². The fourth-order valence-corrected chi connectivity index (χ4v) is 2.98. The number of fused-ring (bicyclic) bond motifs is 1. The van der Waals surface area contributed by atoms with Gasteiger partial charge in [0.2, 0.25) is 0 Å². The number of aromatic nitrogens is 3. The molecule has 0 amide bonds. The second kappa shape index (κ2) is 7.75. The van der Waals surface area contributed by atoms with E-state index >= 15 is 0 Å². The smallest absolute Gasteiger partial charge is 0.305 e. The standard InChI is InChI=1S/C20H24N4O3/c1-20(2,10-11-21)27-15-7-5-14(6-8-15)18-16-4-3-12-22-19(16)24(23-18)13-9-17(25)26/h3-8,12H,9-11,13,21H2,1-2H3,(H,25,26). The maximum absolute atomic E-state index is 10.9. The second-order valence-electron chi connectivity index (χ2n) is 7.01. The van der Waals surface area contributed by atoms with Crippen molar-refractivity contribution in [2.45, 2.75) is 38.8 Å². The quantitative estimate of drug-likeness (QED) is 0.633. The molecule has 3 N–H and O–H groups in total. The van der Waals surface area contributed by atoms with Gasteiger partial charge in [-0.3, -0.25) is 4.79 Å². The Balaban J connectivity index is 1.90. The van der Waals surface area contributed by atoms with Crippen LogP contribution in [0, 0.1) is 0 Å². The monoisotopic (exact) mass is 368 g/mol. The molecule has 142 valence electrons. The lowest BCUT2D eigenvalue weighted by atomic mass is 10.1. The third-order valence-corrected chi connectivity index (χ3v) is 4.31. The van der Waals surface area contributed by atoms with Gasteiger partial charge in [-0.25, -0.2) is 9.67 Å². The topological polar surface area (TPSA) is 103 Å². The maximum atomic E-state index is 10.9. The lowest BCUT2D eigenvalue weighted by Gasteiger charge is -2.26. The minimum Gasteiger partial charge on any atom is -0.488 e. The number of carboxylic acids is 1. The summed E-state index contributed by atoms with van der Waals surface area (Å²) in [6.45, 7) is 4.86. The van der Waals surface area contributed by atoms with E-state index in [9.17, 15) is 4.79 Å². The summed E-state index contributed by atoms with van der Waals surface area (Å²) >= 11 is 0. The summed E-state index contributed by atoms with van der Waals surface area (Å²) in [6, 6.07) is 11.5. The molecule has 0 bridgehead atoms. The third kappa shape index (κ3) is 4.43. The zero-order valence-electron chi connectivity index (χ0n) is 15.6. The Morgan fingerprint density at radius 3 is 2.67 bits per heavy atom. The van der Waals surface area contributed by atoms with Crippen molar-refractivity contribution in [3.05, 3.63) is 42.6 Å². The fraction of sp³-hybridized carbons (Fsp3) is 0.350. The number of nitrogens with zero attached hydrogens (tertiary/aromatic N) is 3. The predicted molar refractivity (Wildman–Crippen MR) is 104 cm³/mol. The molecule has 0 unspecified atom stereocenters. The molecule has 27 heavy (non-hydrogen) atoms. The van der Waals surface area contributed by atoms with E-state index in [1.165, 1.54) is 0 Å². The van der Waals surface area contributed by atoms with Crippen LogP contribution in [0.1, 0.15) is 26.7 Å². The van der Waals surface area contributed by atoms with Crippen molar-refractivity contribution in [2.75, 3.05) is 6.54 Å². The molecule has 3 aromatic rings. The molecular formula is C20H24N4O3. The molecule has 7 nitrogen and oxygen atoms in total. The van der Waals surface area contributed by atoms with E-state index in [2.05, 4.69) is 10.1 Å². The van der Waals surface area contributed by atoms with Crippen molar-refractivity contribution in [3.63, 3.8) is 0 Å². The van der Waals surface area contributed by atoms with Crippen LogP contribution < -0.4 is 10.5 Å². The molecule has 1 aromatic carbocycles. The van der Waals surface area contributed by atoms with Gasteiger partial charge in [0.15, 0.2) is 5.65 Å². The first-order valence-corrected chi connectivity index (χ1v) is 8.92. The highest BCUT2D eigenvalue weighted by atomic mass is 16.5. The van der Waals surface area contributed by atoms with Crippen LogP contribution in [0.2, 0.25) is 0 Å². The van der Waals surface area contributed by atoms with Gasteiger partial charge < -0.3 is 15.6 Å². The molecule has 0 spiro atoms. The highest BCUT2D eigenvalue weighted by Crippen LogP contribution is 2.29. The molecule has 2 aromatic heterocycles. The van der Waals surface area contributed by atoms with Crippen molar-refractivity contribution < 1.29 is 14.6 Å². The Labute approximate surface area is 157 Å². The first-order valence-electron chi connectivity index (χ1n) is 8.92. The van der Waals surface area contributed by atoms with Crippen LogP contribution in [0.5, 0.6) is 5.75 Å². The van der Waals surface area contributed by atoms with Crippen molar-refractivity contribution >= 4 is 17.0 Å². The molecule has 3 rings (SSSR count). The summed E-state index contributed by atoms with van der Waals surface area (Å²) in [7, 11) is 0. The van der Waals surface area contributed by atoms with Gasteiger partial charge in [-0.2, -0.15) is 5.10 Å². The molecule has 0 aliphatic rings. The minimum absolute atomic E-state index is 0.00417. The van der Waals surface area contributed by atoms with E-state index in [0.717, 1.165) is 28.8 Å². The molecule has 2 heterocycles. The number of aliphatic carboxylic acids is 1. The van der Waals surface area contributed by atoms with Crippen LogP contribution in [0.4, 0.5) is 0 Å². The first-order chi connectivity index (χ1) is 12.9. The number of hydrogen-bond donors (Lipinski definition) is 2. The van der Waals surface area contributed by atoms with Crippen molar-refractivity contribution in [1.29, 1.82) is 0 Å². The number of ether oxygens (including phenoxy) is 1. The van der Waals surface area contributed by atoms with Crippen molar-refractivity contribution in [2.24, 2.45) is 5.73 Å². The molecular weight excluding hydrogens is 344 g/mol. The van der Waals surface area contributed by atoms with Crippen LogP contribution in [-0.4, -0.2) is 38.0 Å². The van der Waals surface area contributed by atoms with E-state index < -0.39 is 5.97 Å². The number of aryl methyl sites for hydroxylation is 1. The summed E-state index contributed by atoms with van der Waals surface area (Å²) in [4.78, 5) is 15.3. The lowest BCUT2D eigenvalue weighted by molar-refractivity contribution is -0.137. The molecule has 0 saturated carbocycles.